The lowest BCUT2D eigenvalue weighted by Crippen LogP contribution is -2.20. The van der Waals surface area contributed by atoms with Crippen molar-refractivity contribution in [3.63, 3.8) is 0 Å². The van der Waals surface area contributed by atoms with E-state index >= 15 is 0 Å². The summed E-state index contributed by atoms with van der Waals surface area (Å²) >= 11 is 2.98. The van der Waals surface area contributed by atoms with Crippen LogP contribution in [0.2, 0.25) is 0 Å². The van der Waals surface area contributed by atoms with Crippen LogP contribution < -0.4 is 4.74 Å². The first-order valence-electron chi connectivity index (χ1n) is 5.96. The van der Waals surface area contributed by atoms with Gasteiger partial charge in [-0.25, -0.2) is 13.8 Å². The molecule has 0 saturated heterocycles. The predicted octanol–water partition coefficient (Wildman–Crippen LogP) is 3.92. The molecule has 1 heterocycles. The molecule has 10 heteroatoms. The van der Waals surface area contributed by atoms with Gasteiger partial charge < -0.3 is 9.47 Å². The molecule has 1 aromatic rings. The maximum absolute atomic E-state index is 12.8. The van der Waals surface area contributed by atoms with E-state index in [9.17, 15) is 26.7 Å². The predicted molar refractivity (Wildman–Crippen MR) is 68.8 cm³/mol. The van der Waals surface area contributed by atoms with Crippen molar-refractivity contribution >= 4 is 21.9 Å². The molecule has 0 fully saturated rings. The molecule has 0 aliphatic heterocycles. The molecule has 0 bridgehead atoms. The molecule has 0 aromatic carbocycles. The highest BCUT2D eigenvalue weighted by molar-refractivity contribution is 9.08. The summed E-state index contributed by atoms with van der Waals surface area (Å²) in [4.78, 5) is 14.9. The quantitative estimate of drug-likeness (QED) is 0.419. The average molecular weight is 392 g/mol. The van der Waals surface area contributed by atoms with Crippen LogP contribution in [0.25, 0.3) is 0 Å². The Morgan fingerprint density at radius 2 is 2.05 bits per heavy atom. The Morgan fingerprint density at radius 1 is 1.41 bits per heavy atom. The third-order valence-electron chi connectivity index (χ3n) is 2.38. The van der Waals surface area contributed by atoms with Crippen LogP contribution in [-0.4, -0.2) is 23.9 Å². The molecule has 22 heavy (non-hydrogen) atoms. The fourth-order valence-corrected chi connectivity index (χ4v) is 2.07. The van der Waals surface area contributed by atoms with Gasteiger partial charge in [0.05, 0.1) is 18.7 Å². The Labute approximate surface area is 130 Å². The summed E-state index contributed by atoms with van der Waals surface area (Å²) in [5.41, 5.74) is -1.11. The van der Waals surface area contributed by atoms with Gasteiger partial charge >= 0.3 is 12.3 Å². The number of carbonyl (C=O) groups is 1. The fraction of sp³-hybridized carbons (Fsp3) is 0.500. The van der Waals surface area contributed by atoms with E-state index in [1.165, 1.54) is 0 Å². The molecular weight excluding hydrogens is 381 g/mol. The van der Waals surface area contributed by atoms with Gasteiger partial charge in [0, 0.05) is 5.33 Å². The second kappa shape index (κ2) is 7.70. The minimum atomic E-state index is -5.15. The molecule has 0 aliphatic rings. The maximum Gasteiger partial charge on any atom is 0.573 e. The summed E-state index contributed by atoms with van der Waals surface area (Å²) < 4.78 is 70.7. The molecule has 0 radical (unpaired) electrons. The molecule has 0 unspecified atom stereocenters. The third kappa shape index (κ3) is 5.39. The van der Waals surface area contributed by atoms with E-state index in [1.54, 1.807) is 6.92 Å². The summed E-state index contributed by atoms with van der Waals surface area (Å²) in [5.74, 6) is -1.85. The van der Waals surface area contributed by atoms with Gasteiger partial charge in [0.25, 0.3) is 6.43 Å². The maximum atomic E-state index is 12.8. The number of alkyl halides is 6. The molecule has 4 nitrogen and oxygen atoms in total. The molecule has 0 spiro atoms. The van der Waals surface area contributed by atoms with E-state index in [0.717, 1.165) is 6.07 Å². The number of hydrogen-bond acceptors (Lipinski definition) is 4. The van der Waals surface area contributed by atoms with E-state index in [4.69, 9.17) is 0 Å². The highest BCUT2D eigenvalue weighted by Crippen LogP contribution is 2.34. The lowest BCUT2D eigenvalue weighted by atomic mass is 10.1. The van der Waals surface area contributed by atoms with Gasteiger partial charge in [0.2, 0.25) is 0 Å². The molecule has 1 rings (SSSR count). The van der Waals surface area contributed by atoms with Crippen molar-refractivity contribution in [2.45, 2.75) is 31.5 Å². The lowest BCUT2D eigenvalue weighted by molar-refractivity contribution is -0.275. The number of esters is 1. The zero-order valence-electron chi connectivity index (χ0n) is 11.2. The summed E-state index contributed by atoms with van der Waals surface area (Å²) in [6.07, 6.45) is -8.81. The summed E-state index contributed by atoms with van der Waals surface area (Å²) in [5, 5.41) is -0.0201. The minimum absolute atomic E-state index is 0.0119. The van der Waals surface area contributed by atoms with Gasteiger partial charge in [0.1, 0.15) is 5.69 Å². The van der Waals surface area contributed by atoms with Gasteiger partial charge in [-0.2, -0.15) is 0 Å². The van der Waals surface area contributed by atoms with Gasteiger partial charge in [-0.05, 0) is 18.6 Å². The number of rotatable bonds is 6. The van der Waals surface area contributed by atoms with Crippen LogP contribution in [0.1, 0.15) is 30.3 Å². The summed E-state index contributed by atoms with van der Waals surface area (Å²) in [7, 11) is 0. The van der Waals surface area contributed by atoms with Crippen LogP contribution >= 0.6 is 15.9 Å². The Bertz CT molecular complexity index is 536. The van der Waals surface area contributed by atoms with E-state index in [2.05, 4.69) is 30.4 Å². The fourth-order valence-electron chi connectivity index (χ4n) is 1.59. The van der Waals surface area contributed by atoms with Crippen LogP contribution in [0.5, 0.6) is 5.75 Å². The molecule has 1 aromatic heterocycles. The minimum Gasteiger partial charge on any atom is -0.466 e. The van der Waals surface area contributed by atoms with E-state index in [0.29, 0.717) is 0 Å². The topological polar surface area (TPSA) is 48.4 Å². The first-order chi connectivity index (χ1) is 10.2. The zero-order valence-corrected chi connectivity index (χ0v) is 12.8. The molecular formula is C12H11BrF5NO3. The van der Waals surface area contributed by atoms with Crippen molar-refractivity contribution < 1.29 is 36.2 Å². The Hall–Kier alpha value is -1.45. The van der Waals surface area contributed by atoms with Gasteiger partial charge in [-0.1, -0.05) is 15.9 Å². The first-order valence-corrected chi connectivity index (χ1v) is 7.08. The number of nitrogens with zero attached hydrogens (tertiary/aromatic N) is 1. The summed E-state index contributed by atoms with van der Waals surface area (Å²) in [6, 6.07) is 0.732. The van der Waals surface area contributed by atoms with Crippen molar-refractivity contribution in [1.29, 1.82) is 0 Å². The Kier molecular flexibility index (Phi) is 6.51. The standard InChI is InChI=1S/C12H11BrF5NO3/c1-2-21-9(20)4-6-3-8(22-12(16,17)18)10(11(14)15)19-7(6)5-13/h3,11H,2,4-5H2,1H3. The van der Waals surface area contributed by atoms with Crippen molar-refractivity contribution in [2.75, 3.05) is 6.61 Å². The van der Waals surface area contributed by atoms with Gasteiger partial charge in [-0.15, -0.1) is 13.2 Å². The van der Waals surface area contributed by atoms with Crippen LogP contribution in [-0.2, 0) is 21.3 Å². The van der Waals surface area contributed by atoms with Crippen molar-refractivity contribution in [3.8, 4) is 5.75 Å². The monoisotopic (exact) mass is 391 g/mol. The van der Waals surface area contributed by atoms with Gasteiger partial charge in [-0.3, -0.25) is 4.79 Å². The van der Waals surface area contributed by atoms with Crippen LogP contribution in [0.4, 0.5) is 22.0 Å². The highest BCUT2D eigenvalue weighted by atomic mass is 79.9. The Balaban J connectivity index is 3.26. The number of ether oxygens (including phenoxy) is 2. The van der Waals surface area contributed by atoms with E-state index in [-0.39, 0.29) is 23.2 Å². The second-order valence-electron chi connectivity index (χ2n) is 3.94. The van der Waals surface area contributed by atoms with Crippen LogP contribution in [0, 0.1) is 0 Å². The smallest absolute Gasteiger partial charge is 0.466 e. The molecule has 0 saturated carbocycles. The molecule has 0 aliphatic carbocycles. The van der Waals surface area contributed by atoms with E-state index in [1.807, 2.05) is 0 Å². The average Bonchev–Trinajstić information content (AvgIpc) is 2.36. The van der Waals surface area contributed by atoms with E-state index < -0.39 is 36.6 Å². The lowest BCUT2D eigenvalue weighted by Gasteiger charge is -2.15. The molecule has 0 amide bonds. The number of aromatic nitrogens is 1. The number of hydrogen-bond donors (Lipinski definition) is 0. The first kappa shape index (κ1) is 18.6. The number of carbonyl (C=O) groups excluding carboxylic acids is 1. The van der Waals surface area contributed by atoms with Crippen molar-refractivity contribution in [2.24, 2.45) is 0 Å². The number of halogens is 6. The van der Waals surface area contributed by atoms with Crippen LogP contribution in [0.15, 0.2) is 6.07 Å². The second-order valence-corrected chi connectivity index (χ2v) is 4.50. The van der Waals surface area contributed by atoms with Gasteiger partial charge in [0.15, 0.2) is 5.75 Å². The van der Waals surface area contributed by atoms with Crippen LogP contribution in [0.3, 0.4) is 0 Å². The normalized spacial score (nSPS) is 11.6. The third-order valence-corrected chi connectivity index (χ3v) is 2.91. The van der Waals surface area contributed by atoms with Crippen molar-refractivity contribution in [1.82, 2.24) is 4.98 Å². The number of pyridine rings is 1. The summed E-state index contributed by atoms with van der Waals surface area (Å²) in [6.45, 7) is 1.64. The highest BCUT2D eigenvalue weighted by Gasteiger charge is 2.34. The molecule has 124 valence electrons. The molecule has 0 N–H and O–H groups in total. The SMILES string of the molecule is CCOC(=O)Cc1cc(OC(F)(F)F)c(C(F)F)nc1CBr. The zero-order chi connectivity index (χ0) is 16.9. The van der Waals surface area contributed by atoms with Crippen molar-refractivity contribution in [3.05, 3.63) is 23.0 Å². The largest absolute Gasteiger partial charge is 0.573 e. The Morgan fingerprint density at radius 3 is 2.50 bits per heavy atom. The molecule has 0 atom stereocenters.